The van der Waals surface area contributed by atoms with E-state index in [4.69, 9.17) is 107 Å². The molecule has 0 aliphatic carbocycles. The number of amides is 3. The van der Waals surface area contributed by atoms with Crippen LogP contribution in [0.4, 0.5) is 29.5 Å². The number of esters is 1. The Bertz CT molecular complexity index is 4540. The van der Waals surface area contributed by atoms with Crippen molar-refractivity contribution in [2.24, 2.45) is 66.8 Å². The number of carboxylic acids is 1. The van der Waals surface area contributed by atoms with Crippen LogP contribution in [0.5, 0.6) is 0 Å². The van der Waals surface area contributed by atoms with Gasteiger partial charge in [0, 0.05) is 137 Å². The van der Waals surface area contributed by atoms with Crippen molar-refractivity contribution in [3.63, 3.8) is 0 Å². The number of allylic oxidation sites excluding steroid dienone is 2. The molecule has 0 atom stereocenters. The van der Waals surface area contributed by atoms with Crippen LogP contribution in [-0.4, -0.2) is 177 Å². The summed E-state index contributed by atoms with van der Waals surface area (Å²) in [5.74, 6) is -1.56. The number of rotatable bonds is 17. The third-order valence-corrected chi connectivity index (χ3v) is 16.3. The first-order valence-electron chi connectivity index (χ1n) is 33.6. The lowest BCUT2D eigenvalue weighted by Crippen LogP contribution is -2.31. The Balaban J connectivity index is 0.000000338. The van der Waals surface area contributed by atoms with E-state index in [0.717, 1.165) is 70.4 Å². The number of anilines is 5. The molecule has 3 amide bonds. The zero-order valence-corrected chi connectivity index (χ0v) is 67.1. The highest BCUT2D eigenvalue weighted by Gasteiger charge is 2.37. The summed E-state index contributed by atoms with van der Waals surface area (Å²) < 4.78 is 11.5. The van der Waals surface area contributed by atoms with Crippen LogP contribution >= 0.6 is 46.4 Å². The summed E-state index contributed by atoms with van der Waals surface area (Å²) in [5, 5.41) is 32.8. The van der Waals surface area contributed by atoms with Gasteiger partial charge in [-0.2, -0.15) is 30.4 Å². The molecule has 0 saturated heterocycles. The average molecular weight is 1620 g/mol. The molecule has 111 heavy (non-hydrogen) atoms. The number of aliphatic hydroxyl groups excluding tert-OH is 1. The summed E-state index contributed by atoms with van der Waals surface area (Å²) in [6, 6.07) is 14.3. The van der Waals surface area contributed by atoms with Crippen LogP contribution < -0.4 is 55.7 Å². The van der Waals surface area contributed by atoms with Gasteiger partial charge in [-0.05, 0) is 122 Å². The number of aryl methyl sites for hydroxylation is 8. The fourth-order valence-electron chi connectivity index (χ4n) is 8.91. The number of hydrogen-bond donors (Lipinski definition) is 12. The number of carboxylic acid groups (broad SMARTS) is 1. The summed E-state index contributed by atoms with van der Waals surface area (Å²) in [7, 11) is 10.6. The summed E-state index contributed by atoms with van der Waals surface area (Å²) in [4.78, 5) is 107. The van der Waals surface area contributed by atoms with E-state index in [1.54, 1.807) is 95.5 Å². The molecule has 0 unspecified atom stereocenters. The first kappa shape index (κ1) is 93.5. The predicted molar refractivity (Wildman–Crippen MR) is 431 cm³/mol. The zero-order valence-electron chi connectivity index (χ0n) is 64.1. The first-order valence-corrected chi connectivity index (χ1v) is 35.1. The lowest BCUT2D eigenvalue weighted by Gasteiger charge is -2.16. The van der Waals surface area contributed by atoms with Gasteiger partial charge in [-0.1, -0.05) is 59.7 Å². The topological polar surface area (TPSA) is 572 Å². The van der Waals surface area contributed by atoms with Crippen LogP contribution in [0.15, 0.2) is 94.5 Å². The molecule has 0 radical (unpaired) electrons. The van der Waals surface area contributed by atoms with Gasteiger partial charge in [0.25, 0.3) is 11.8 Å². The molecular formula is C70H96Cl4N28O9. The van der Waals surface area contributed by atoms with Crippen molar-refractivity contribution in [2.75, 3.05) is 67.4 Å². The molecule has 0 bridgehead atoms. The second-order valence-corrected chi connectivity index (χ2v) is 25.0. The Kier molecular flexibility index (Phi) is 39.2. The number of primary amides is 1. The number of aliphatic hydroxyl groups is 1. The minimum absolute atomic E-state index is 0.0125. The minimum atomic E-state index is -0.983. The van der Waals surface area contributed by atoms with Crippen LogP contribution in [0.3, 0.4) is 0 Å². The fourth-order valence-corrected chi connectivity index (χ4v) is 9.95. The van der Waals surface area contributed by atoms with Gasteiger partial charge >= 0.3 is 11.9 Å². The smallest absolute Gasteiger partial charge is 0.356 e. The maximum absolute atomic E-state index is 13.0. The second-order valence-electron chi connectivity index (χ2n) is 23.6. The molecular weight excluding hydrogens is 1520 g/mol. The SMILES string of the molecule is CCCCO.CCOC(=O)Cc1c(Cl)nc(N)nc1Cl.CN=C(C)C=C(N)CN1C(=O)/C(=C\c2ccc[nH]2)c2c(Cl)nc(N)nc21.CN=C(C)C=C(N)CN1C(=O)Cc2c(Cl)nc(N)nc21.Cc1cc(C(=O)O)nn1C.Cc1cc(C(N)=O)nn1C.Cc1cc(CN)nn1C.Cc1cc(CN)nn1C.O=Cc1ccc[nH]1. The van der Waals surface area contributed by atoms with Gasteiger partial charge in [0.05, 0.1) is 60.8 Å². The van der Waals surface area contributed by atoms with E-state index in [0.29, 0.717) is 83.0 Å². The van der Waals surface area contributed by atoms with Gasteiger partial charge < -0.3 is 70.8 Å². The molecule has 9 aromatic heterocycles. The molecule has 11 rings (SSSR count). The summed E-state index contributed by atoms with van der Waals surface area (Å²) in [6.07, 6.45) is 11.5. The third-order valence-electron chi connectivity index (χ3n) is 15.1. The number of carbonyl (C=O) groups excluding carboxylic acids is 5. The average Bonchev–Trinajstić information content (AvgIpc) is 1.61. The molecule has 41 heteroatoms. The first-order chi connectivity index (χ1) is 52.4. The van der Waals surface area contributed by atoms with Crippen molar-refractivity contribution < 1.29 is 43.7 Å². The van der Waals surface area contributed by atoms with E-state index in [-0.39, 0.29) is 81.9 Å². The van der Waals surface area contributed by atoms with Crippen molar-refractivity contribution in [1.29, 1.82) is 0 Å². The molecule has 0 fully saturated rings. The van der Waals surface area contributed by atoms with Gasteiger partial charge in [0.15, 0.2) is 17.8 Å². The van der Waals surface area contributed by atoms with Gasteiger partial charge in [0.2, 0.25) is 23.8 Å². The number of aliphatic imine (C=N–C) groups is 2. The number of aromatic nitrogens is 16. The number of carbonyl (C=O) groups is 6. The Morgan fingerprint density at radius 2 is 1.07 bits per heavy atom. The van der Waals surface area contributed by atoms with Crippen LogP contribution in [-0.2, 0) is 73.2 Å². The Labute approximate surface area is 661 Å². The standard InChI is InChI=1S/C17H18ClN7O.C12H15ClN6O.C8H9Cl2N3O2.C6H9N3O.2C6H11N3.C6H8N2O2.C5H5NO.C4H10O/c1-9(21-2)6-10(19)8-25-15-13(14(18)23-17(20)24-15)12(16(25)26)7-11-4-3-5-22-11;1-6(16-2)3-7(14)5-19-9(20)4-8-10(13)17-12(15)18-11(8)19;1-2-15-5(14)3-4-6(9)12-8(11)13-7(4)10;1-4-3-5(6(7)10)8-9(4)2;2*1-5-3-6(4-7)8-9(5)2;1-4-3-5(6(9)10)7-8(4)2;7-4-5-2-1-3-6-5;1-2-3-4-5/h3-7,22H,8,19H2,1-2H3,(H2,20,23,24);3H,4-5,14H2,1-2H3,(H2,15,17,18);2-3H2,1H3,(H2,11,12,13);3H,1-2H3,(H2,7,10);2*3H,4,7H2,1-2H3;3H,1-2H3,(H,9,10);1-4,6H;5H,2-4H2,1H3/b10-6?,12-7-,21-9?;;;;;;;;. The van der Waals surface area contributed by atoms with Crippen LogP contribution in [0.1, 0.15) is 129 Å². The molecule has 9 aromatic rings. The molecule has 0 saturated carbocycles. The highest BCUT2D eigenvalue weighted by atomic mass is 35.5. The van der Waals surface area contributed by atoms with Crippen molar-refractivity contribution >= 4 is 135 Å². The van der Waals surface area contributed by atoms with Gasteiger partial charge in [0.1, 0.15) is 32.1 Å². The highest BCUT2D eigenvalue weighted by Crippen LogP contribution is 2.41. The molecule has 2 aliphatic heterocycles. The number of aromatic carboxylic acids is 1. The molecule has 0 spiro atoms. The number of aldehydes is 1. The normalized spacial score (nSPS) is 12.4. The number of nitrogens with zero attached hydrogens (tertiary/aromatic N) is 18. The zero-order chi connectivity index (χ0) is 83.5. The third kappa shape index (κ3) is 30.3. The molecule has 2 aliphatic rings. The maximum Gasteiger partial charge on any atom is 0.356 e. The van der Waals surface area contributed by atoms with Crippen molar-refractivity contribution in [3.05, 3.63) is 179 Å². The van der Waals surface area contributed by atoms with Gasteiger partial charge in [-0.15, -0.1) is 0 Å². The van der Waals surface area contributed by atoms with E-state index in [2.05, 4.69) is 77.2 Å². The quantitative estimate of drug-likeness (QED) is 0.0161. The number of nitrogens with one attached hydrogen (secondary N) is 2. The summed E-state index contributed by atoms with van der Waals surface area (Å²) in [5.41, 5.74) is 56.2. The number of halogens is 4. The highest BCUT2D eigenvalue weighted by molar-refractivity contribution is 6.41. The number of hydrogen-bond acceptors (Lipinski definition) is 27. The Morgan fingerprint density at radius 1 is 0.631 bits per heavy atom. The van der Waals surface area contributed by atoms with E-state index in [1.807, 2.05) is 82.3 Å². The lowest BCUT2D eigenvalue weighted by molar-refractivity contribution is -0.142. The lowest BCUT2D eigenvalue weighted by atomic mass is 10.1. The number of H-pyrrole nitrogens is 2. The van der Waals surface area contributed by atoms with Crippen LogP contribution in [0.25, 0.3) is 11.6 Å². The van der Waals surface area contributed by atoms with E-state index in [9.17, 15) is 28.8 Å². The number of unbranched alkanes of at least 4 members (excludes halogenated alkanes) is 1. The van der Waals surface area contributed by atoms with Crippen LogP contribution in [0, 0.1) is 27.7 Å². The van der Waals surface area contributed by atoms with Gasteiger partial charge in [-0.25, -0.2) is 24.7 Å². The molecule has 598 valence electrons. The summed E-state index contributed by atoms with van der Waals surface area (Å²) >= 11 is 23.7. The molecule has 20 N–H and O–H groups in total. The monoisotopic (exact) mass is 1610 g/mol. The minimum Gasteiger partial charge on any atom is -0.476 e. The number of ether oxygens (including phenoxy) is 1. The maximum atomic E-state index is 13.0. The van der Waals surface area contributed by atoms with Crippen molar-refractivity contribution in [1.82, 2.24) is 79.0 Å². The molecule has 11 heterocycles. The van der Waals surface area contributed by atoms with Crippen molar-refractivity contribution in [3.8, 4) is 0 Å². The predicted octanol–water partition coefficient (Wildman–Crippen LogP) is 6.10. The number of fused-ring (bicyclic) bond motifs is 2. The largest absolute Gasteiger partial charge is 0.476 e. The number of aromatic amines is 2. The van der Waals surface area contributed by atoms with Gasteiger partial charge in [-0.3, -0.25) is 62.5 Å². The van der Waals surface area contributed by atoms with E-state index in [1.165, 1.54) is 20.5 Å². The Hall–Kier alpha value is -11.7. The Morgan fingerprint density at radius 3 is 1.42 bits per heavy atom. The van der Waals surface area contributed by atoms with E-state index < -0.39 is 17.8 Å². The number of nitrogens with two attached hydrogens (primary N) is 8. The van der Waals surface area contributed by atoms with Crippen molar-refractivity contribution in [2.45, 2.75) is 94.2 Å². The summed E-state index contributed by atoms with van der Waals surface area (Å²) in [6.45, 7) is 17.1. The van der Waals surface area contributed by atoms with E-state index >= 15 is 0 Å². The molecule has 37 nitrogen and oxygen atoms in total. The fraction of sp³-hybridized carbons (Fsp3) is 0.343. The number of nitrogen functional groups attached to an aromatic ring is 3. The second kappa shape index (κ2) is 46.6. The van der Waals surface area contributed by atoms with Crippen LogP contribution in [0.2, 0.25) is 20.6 Å². The molecule has 0 aromatic carbocycles.